The fourth-order valence-corrected chi connectivity index (χ4v) is 4.47. The first kappa shape index (κ1) is 20.9. The Hall–Kier alpha value is -2.33. The number of hydrogen-bond donors (Lipinski definition) is 1. The molecule has 0 amide bonds. The van der Waals surface area contributed by atoms with Crippen molar-refractivity contribution in [1.82, 2.24) is 29.2 Å². The fourth-order valence-electron chi connectivity index (χ4n) is 3.45. The molecule has 0 radical (unpaired) electrons. The third kappa shape index (κ3) is 4.24. The molecule has 1 aliphatic rings. The van der Waals surface area contributed by atoms with Crippen LogP contribution in [0.15, 0.2) is 25.6 Å². The smallest absolute Gasteiger partial charge is 0.332 e. The lowest BCUT2D eigenvalue weighted by Crippen LogP contribution is -2.40. The highest BCUT2D eigenvalue weighted by molar-refractivity contribution is 8.02. The minimum atomic E-state index is -0.394. The average molecular weight is 451 g/mol. The largest absolute Gasteiger partial charge is 0.338 e. The standard InChI is InChI=1S/C19H23ClN6O3S/c1-2-3-9-25-15-14(22-18(20)23-15)17(27)26(19(25)28)10-5-4-8-13-21-16(29-24-13)12-7-6-11-30-12/h6,11-12H,2-5,7-10H2,1H3,(H,22,23). The van der Waals surface area contributed by atoms with E-state index in [-0.39, 0.29) is 21.7 Å². The van der Waals surface area contributed by atoms with Crippen molar-refractivity contribution in [3.05, 3.63) is 49.3 Å². The average Bonchev–Trinajstić information content (AvgIpc) is 3.47. The van der Waals surface area contributed by atoms with Gasteiger partial charge in [0.2, 0.25) is 11.2 Å². The van der Waals surface area contributed by atoms with Crippen LogP contribution >= 0.6 is 23.4 Å². The molecule has 1 unspecified atom stereocenters. The number of H-pyrrole nitrogens is 1. The molecule has 11 heteroatoms. The monoisotopic (exact) mass is 450 g/mol. The lowest BCUT2D eigenvalue weighted by atomic mass is 10.2. The van der Waals surface area contributed by atoms with E-state index in [1.165, 1.54) is 9.13 Å². The Morgan fingerprint density at radius 1 is 1.23 bits per heavy atom. The number of allylic oxidation sites excluding steroid dienone is 1. The summed E-state index contributed by atoms with van der Waals surface area (Å²) in [6, 6.07) is 0. The normalized spacial score (nSPS) is 16.1. The van der Waals surface area contributed by atoms with E-state index in [0.717, 1.165) is 25.7 Å². The highest BCUT2D eigenvalue weighted by Gasteiger charge is 2.20. The molecule has 0 saturated heterocycles. The zero-order valence-corrected chi connectivity index (χ0v) is 18.2. The zero-order valence-electron chi connectivity index (χ0n) is 16.6. The molecule has 0 aliphatic carbocycles. The molecular weight excluding hydrogens is 428 g/mol. The van der Waals surface area contributed by atoms with Gasteiger partial charge in [0.25, 0.3) is 5.56 Å². The maximum absolute atomic E-state index is 12.9. The Morgan fingerprint density at radius 2 is 2.07 bits per heavy atom. The van der Waals surface area contributed by atoms with Gasteiger partial charge >= 0.3 is 5.69 Å². The second-order valence-corrected chi connectivity index (χ2v) is 8.68. The minimum Gasteiger partial charge on any atom is -0.338 e. The van der Waals surface area contributed by atoms with Crippen LogP contribution in [0.2, 0.25) is 5.28 Å². The van der Waals surface area contributed by atoms with Crippen LogP contribution in [0.5, 0.6) is 0 Å². The first-order valence-electron chi connectivity index (χ1n) is 10.1. The molecule has 3 aromatic rings. The summed E-state index contributed by atoms with van der Waals surface area (Å²) >= 11 is 7.63. The van der Waals surface area contributed by atoms with Crippen LogP contribution in [0.1, 0.15) is 56.0 Å². The van der Waals surface area contributed by atoms with E-state index in [2.05, 4.69) is 26.2 Å². The van der Waals surface area contributed by atoms with E-state index >= 15 is 0 Å². The number of nitrogens with zero attached hydrogens (tertiary/aromatic N) is 5. The predicted molar refractivity (Wildman–Crippen MR) is 116 cm³/mol. The van der Waals surface area contributed by atoms with Crippen LogP contribution in [0.4, 0.5) is 0 Å². The summed E-state index contributed by atoms with van der Waals surface area (Å²) in [5.74, 6) is 1.30. The summed E-state index contributed by atoms with van der Waals surface area (Å²) in [6.45, 7) is 2.84. The lowest BCUT2D eigenvalue weighted by molar-refractivity contribution is 0.371. The predicted octanol–water partition coefficient (Wildman–Crippen LogP) is 3.44. The van der Waals surface area contributed by atoms with Crippen LogP contribution in [0, 0.1) is 0 Å². The summed E-state index contributed by atoms with van der Waals surface area (Å²) in [4.78, 5) is 37.1. The van der Waals surface area contributed by atoms with Crippen LogP contribution in [-0.4, -0.2) is 29.2 Å². The summed E-state index contributed by atoms with van der Waals surface area (Å²) < 4.78 is 8.14. The second kappa shape index (κ2) is 9.22. The number of hydrogen-bond acceptors (Lipinski definition) is 7. The minimum absolute atomic E-state index is 0.105. The summed E-state index contributed by atoms with van der Waals surface area (Å²) in [7, 11) is 0. The third-order valence-corrected chi connectivity index (χ3v) is 6.30. The third-order valence-electron chi connectivity index (χ3n) is 5.05. The molecule has 4 rings (SSSR count). The number of halogens is 1. The van der Waals surface area contributed by atoms with Crippen LogP contribution in [0.25, 0.3) is 11.2 Å². The van der Waals surface area contributed by atoms with Crippen molar-refractivity contribution in [2.45, 2.75) is 63.8 Å². The van der Waals surface area contributed by atoms with Gasteiger partial charge in [-0.3, -0.25) is 13.9 Å². The molecule has 160 valence electrons. The van der Waals surface area contributed by atoms with Gasteiger partial charge in [-0.05, 0) is 42.7 Å². The van der Waals surface area contributed by atoms with Crippen molar-refractivity contribution in [1.29, 1.82) is 0 Å². The lowest BCUT2D eigenvalue weighted by Gasteiger charge is -2.10. The topological polar surface area (TPSA) is 112 Å². The van der Waals surface area contributed by atoms with E-state index in [0.29, 0.717) is 43.3 Å². The molecule has 1 aliphatic heterocycles. The first-order valence-corrected chi connectivity index (χ1v) is 11.4. The number of aromatic amines is 1. The Kier molecular flexibility index (Phi) is 6.43. The van der Waals surface area contributed by atoms with E-state index in [4.69, 9.17) is 16.1 Å². The Labute approximate surface area is 181 Å². The van der Waals surface area contributed by atoms with Crippen LogP contribution in [0.3, 0.4) is 0 Å². The maximum atomic E-state index is 12.9. The van der Waals surface area contributed by atoms with Gasteiger partial charge in [0, 0.05) is 19.5 Å². The van der Waals surface area contributed by atoms with E-state index in [9.17, 15) is 9.59 Å². The molecule has 1 N–H and O–H groups in total. The number of fused-ring (bicyclic) bond motifs is 1. The number of aromatic nitrogens is 6. The Morgan fingerprint density at radius 3 is 2.83 bits per heavy atom. The molecule has 0 aromatic carbocycles. The van der Waals surface area contributed by atoms with Crippen molar-refractivity contribution in [2.24, 2.45) is 0 Å². The zero-order chi connectivity index (χ0) is 21.1. The van der Waals surface area contributed by atoms with E-state index in [1.54, 1.807) is 11.8 Å². The number of imidazole rings is 1. The SMILES string of the molecule is CCCCn1c(=O)n(CCCCc2noc(C3CC=CS3)n2)c(=O)c2[nH]c(Cl)nc21. The molecule has 4 heterocycles. The molecule has 0 spiro atoms. The van der Waals surface area contributed by atoms with E-state index < -0.39 is 5.56 Å². The number of nitrogens with one attached hydrogen (secondary N) is 1. The van der Waals surface area contributed by atoms with Gasteiger partial charge in [0.1, 0.15) is 0 Å². The van der Waals surface area contributed by atoms with E-state index in [1.807, 2.05) is 12.3 Å². The molecular formula is C19H23ClN6O3S. The Bertz CT molecular complexity index is 1170. The van der Waals surface area contributed by atoms with Gasteiger partial charge < -0.3 is 9.51 Å². The maximum Gasteiger partial charge on any atom is 0.332 e. The van der Waals surface area contributed by atoms with Crippen LogP contribution in [-0.2, 0) is 19.5 Å². The molecule has 0 saturated carbocycles. The van der Waals surface area contributed by atoms with Gasteiger partial charge in [-0.1, -0.05) is 24.6 Å². The summed E-state index contributed by atoms with van der Waals surface area (Å²) in [5.41, 5.74) is -0.161. The number of rotatable bonds is 9. The van der Waals surface area contributed by atoms with Gasteiger partial charge in [0.15, 0.2) is 17.0 Å². The Balaban J connectivity index is 1.44. The summed E-state index contributed by atoms with van der Waals surface area (Å²) in [5, 5.41) is 6.40. The molecule has 0 bridgehead atoms. The first-order chi connectivity index (χ1) is 14.6. The molecule has 0 fully saturated rings. The van der Waals surface area contributed by atoms with Crippen molar-refractivity contribution in [2.75, 3.05) is 0 Å². The fraction of sp³-hybridized carbons (Fsp3) is 0.526. The second-order valence-electron chi connectivity index (χ2n) is 7.21. The quantitative estimate of drug-likeness (QED) is 0.392. The van der Waals surface area contributed by atoms with Gasteiger partial charge in [0.05, 0.1) is 5.25 Å². The molecule has 3 aromatic heterocycles. The molecule has 1 atom stereocenters. The van der Waals surface area contributed by atoms with Gasteiger partial charge in [-0.2, -0.15) is 9.97 Å². The van der Waals surface area contributed by atoms with Crippen molar-refractivity contribution in [3.63, 3.8) is 0 Å². The molecule has 30 heavy (non-hydrogen) atoms. The summed E-state index contributed by atoms with van der Waals surface area (Å²) in [6.07, 6.45) is 6.73. The van der Waals surface area contributed by atoms with Crippen molar-refractivity contribution < 1.29 is 4.52 Å². The van der Waals surface area contributed by atoms with Crippen molar-refractivity contribution >= 4 is 34.5 Å². The number of thioether (sulfide) groups is 1. The van der Waals surface area contributed by atoms with Crippen LogP contribution < -0.4 is 11.2 Å². The highest BCUT2D eigenvalue weighted by Crippen LogP contribution is 2.37. The van der Waals surface area contributed by atoms with Crippen molar-refractivity contribution in [3.8, 4) is 0 Å². The number of unbranched alkanes of at least 4 members (excludes halogenated alkanes) is 2. The van der Waals surface area contributed by atoms with Gasteiger partial charge in [-0.15, -0.1) is 11.8 Å². The highest BCUT2D eigenvalue weighted by atomic mass is 35.5. The van der Waals surface area contributed by atoms with Gasteiger partial charge in [-0.25, -0.2) is 4.79 Å². The number of aryl methyl sites for hydroxylation is 2. The molecule has 9 nitrogen and oxygen atoms in total.